The Labute approximate surface area is 134 Å². The zero-order chi connectivity index (χ0) is 16.0. The minimum atomic E-state index is 0.0235. The van der Waals surface area contributed by atoms with E-state index in [-0.39, 0.29) is 5.56 Å². The number of hydrogen-bond acceptors (Lipinski definition) is 3. The number of H-pyrrole nitrogens is 2. The molecule has 0 fully saturated rings. The predicted molar refractivity (Wildman–Crippen MR) is 90.4 cm³/mol. The maximum atomic E-state index is 12.0. The van der Waals surface area contributed by atoms with Gasteiger partial charge in [-0.1, -0.05) is 18.2 Å². The van der Waals surface area contributed by atoms with Gasteiger partial charge in [0.15, 0.2) is 0 Å². The lowest BCUT2D eigenvalue weighted by atomic mass is 10.0. The lowest BCUT2D eigenvalue weighted by Crippen LogP contribution is -2.35. The maximum absolute atomic E-state index is 12.0. The Kier molecular flexibility index (Phi) is 3.31. The Morgan fingerprint density at radius 2 is 2.04 bits per heavy atom. The van der Waals surface area contributed by atoms with E-state index in [0.29, 0.717) is 5.82 Å². The van der Waals surface area contributed by atoms with Crippen molar-refractivity contribution in [3.63, 3.8) is 0 Å². The van der Waals surface area contributed by atoms with Crippen LogP contribution in [0.5, 0.6) is 0 Å². The molecular formula is C18H20N4O. The Morgan fingerprint density at radius 3 is 2.91 bits per heavy atom. The molecule has 0 saturated heterocycles. The molecule has 3 heterocycles. The largest absolute Gasteiger partial charge is 0.358 e. The van der Waals surface area contributed by atoms with E-state index < -0.39 is 0 Å². The smallest absolute Gasteiger partial charge is 0.254 e. The average Bonchev–Trinajstić information content (AvgIpc) is 2.83. The van der Waals surface area contributed by atoms with Gasteiger partial charge in [-0.3, -0.25) is 9.69 Å². The van der Waals surface area contributed by atoms with Crippen LogP contribution < -0.4 is 5.56 Å². The standard InChI is InChI=1S/C18H20N4O/c1-11-15(13-5-3-4-6-16(13)19-11)9-22-8-7-14-17(10-22)20-12(2)21-18(14)23/h3-6,19H,7-10H2,1-2H3,(H,20,21,23). The number of para-hydroxylation sites is 1. The maximum Gasteiger partial charge on any atom is 0.254 e. The molecule has 1 aliphatic heterocycles. The molecular weight excluding hydrogens is 288 g/mol. The summed E-state index contributed by atoms with van der Waals surface area (Å²) in [6.45, 7) is 6.46. The van der Waals surface area contributed by atoms with Crippen LogP contribution in [0.25, 0.3) is 10.9 Å². The summed E-state index contributed by atoms with van der Waals surface area (Å²) < 4.78 is 0. The molecule has 1 aliphatic rings. The van der Waals surface area contributed by atoms with Crippen LogP contribution in [-0.4, -0.2) is 26.4 Å². The predicted octanol–water partition coefficient (Wildman–Crippen LogP) is 2.43. The molecule has 0 saturated carbocycles. The van der Waals surface area contributed by atoms with E-state index in [0.717, 1.165) is 37.3 Å². The van der Waals surface area contributed by atoms with E-state index in [1.54, 1.807) is 0 Å². The summed E-state index contributed by atoms with van der Waals surface area (Å²) in [7, 11) is 0. The molecule has 2 aromatic heterocycles. The number of rotatable bonds is 2. The highest BCUT2D eigenvalue weighted by Gasteiger charge is 2.22. The molecule has 0 unspecified atom stereocenters. The molecule has 118 valence electrons. The quantitative estimate of drug-likeness (QED) is 0.764. The fraction of sp³-hybridized carbons (Fsp3) is 0.333. The number of hydrogen-bond donors (Lipinski definition) is 2. The fourth-order valence-electron chi connectivity index (χ4n) is 3.52. The zero-order valence-corrected chi connectivity index (χ0v) is 13.4. The van der Waals surface area contributed by atoms with Crippen molar-refractivity contribution in [2.24, 2.45) is 0 Å². The van der Waals surface area contributed by atoms with E-state index >= 15 is 0 Å². The van der Waals surface area contributed by atoms with Crippen molar-refractivity contribution in [1.82, 2.24) is 19.9 Å². The van der Waals surface area contributed by atoms with E-state index in [1.807, 2.05) is 6.92 Å². The van der Waals surface area contributed by atoms with Gasteiger partial charge in [-0.05, 0) is 31.9 Å². The normalized spacial score (nSPS) is 15.0. The first-order chi connectivity index (χ1) is 11.1. The van der Waals surface area contributed by atoms with Crippen LogP contribution in [0, 0.1) is 13.8 Å². The van der Waals surface area contributed by atoms with E-state index in [4.69, 9.17) is 0 Å². The molecule has 5 heteroatoms. The summed E-state index contributed by atoms with van der Waals surface area (Å²) in [4.78, 5) is 25.2. The summed E-state index contributed by atoms with van der Waals surface area (Å²) in [6, 6.07) is 8.41. The van der Waals surface area contributed by atoms with Crippen molar-refractivity contribution in [2.75, 3.05) is 6.54 Å². The number of aryl methyl sites for hydroxylation is 2. The Bertz CT molecular complexity index is 938. The fourth-order valence-corrected chi connectivity index (χ4v) is 3.52. The highest BCUT2D eigenvalue weighted by atomic mass is 16.1. The van der Waals surface area contributed by atoms with Crippen molar-refractivity contribution in [2.45, 2.75) is 33.4 Å². The molecule has 5 nitrogen and oxygen atoms in total. The van der Waals surface area contributed by atoms with Crippen LogP contribution in [0.1, 0.15) is 28.3 Å². The van der Waals surface area contributed by atoms with E-state index in [1.165, 1.54) is 22.2 Å². The second-order valence-corrected chi connectivity index (χ2v) is 6.31. The Hall–Kier alpha value is -2.40. The van der Waals surface area contributed by atoms with Gasteiger partial charge >= 0.3 is 0 Å². The van der Waals surface area contributed by atoms with Gasteiger partial charge in [-0.25, -0.2) is 4.98 Å². The Morgan fingerprint density at radius 1 is 1.22 bits per heavy atom. The second kappa shape index (κ2) is 5.35. The Balaban J connectivity index is 1.65. The summed E-state index contributed by atoms with van der Waals surface area (Å²) in [5.74, 6) is 0.693. The lowest BCUT2D eigenvalue weighted by Gasteiger charge is -2.27. The molecule has 0 bridgehead atoms. The number of aromatic amines is 2. The first kappa shape index (κ1) is 14.2. The molecule has 2 N–H and O–H groups in total. The number of fused-ring (bicyclic) bond motifs is 2. The van der Waals surface area contributed by atoms with Crippen molar-refractivity contribution < 1.29 is 0 Å². The summed E-state index contributed by atoms with van der Waals surface area (Å²) >= 11 is 0. The topological polar surface area (TPSA) is 64.8 Å². The zero-order valence-electron chi connectivity index (χ0n) is 13.4. The molecule has 0 atom stereocenters. The summed E-state index contributed by atoms with van der Waals surface area (Å²) in [5.41, 5.74) is 5.54. The third-order valence-corrected chi connectivity index (χ3v) is 4.68. The molecule has 23 heavy (non-hydrogen) atoms. The first-order valence-electron chi connectivity index (χ1n) is 7.99. The van der Waals surface area contributed by atoms with Crippen molar-refractivity contribution in [3.05, 3.63) is 63.0 Å². The average molecular weight is 308 g/mol. The number of benzene rings is 1. The third kappa shape index (κ3) is 2.47. The lowest BCUT2D eigenvalue weighted by molar-refractivity contribution is 0.240. The molecule has 1 aromatic carbocycles. The summed E-state index contributed by atoms with van der Waals surface area (Å²) in [5, 5.41) is 1.28. The van der Waals surface area contributed by atoms with Crippen LogP contribution in [0.2, 0.25) is 0 Å². The second-order valence-electron chi connectivity index (χ2n) is 6.31. The van der Waals surface area contributed by atoms with Crippen molar-refractivity contribution >= 4 is 10.9 Å². The van der Waals surface area contributed by atoms with Gasteiger partial charge < -0.3 is 9.97 Å². The van der Waals surface area contributed by atoms with Crippen LogP contribution in [-0.2, 0) is 19.5 Å². The van der Waals surface area contributed by atoms with Crippen molar-refractivity contribution in [1.29, 1.82) is 0 Å². The highest BCUT2D eigenvalue weighted by molar-refractivity contribution is 5.84. The van der Waals surface area contributed by atoms with Gasteiger partial charge in [0.1, 0.15) is 5.82 Å². The third-order valence-electron chi connectivity index (χ3n) is 4.68. The molecule has 0 aliphatic carbocycles. The van der Waals surface area contributed by atoms with Gasteiger partial charge in [0.05, 0.1) is 5.69 Å². The molecule has 3 aromatic rings. The molecule has 0 radical (unpaired) electrons. The molecule has 0 amide bonds. The van der Waals surface area contributed by atoms with Crippen LogP contribution in [0.4, 0.5) is 0 Å². The van der Waals surface area contributed by atoms with Crippen molar-refractivity contribution in [3.8, 4) is 0 Å². The van der Waals surface area contributed by atoms with Crippen LogP contribution >= 0.6 is 0 Å². The highest BCUT2D eigenvalue weighted by Crippen LogP contribution is 2.25. The number of nitrogens with one attached hydrogen (secondary N) is 2. The number of aromatic nitrogens is 3. The van der Waals surface area contributed by atoms with E-state index in [2.05, 4.69) is 51.0 Å². The van der Waals surface area contributed by atoms with Gasteiger partial charge in [-0.2, -0.15) is 0 Å². The van der Waals surface area contributed by atoms with Crippen LogP contribution in [0.3, 0.4) is 0 Å². The minimum Gasteiger partial charge on any atom is -0.358 e. The molecule has 0 spiro atoms. The van der Waals surface area contributed by atoms with Gasteiger partial charge in [-0.15, -0.1) is 0 Å². The molecule has 4 rings (SSSR count). The van der Waals surface area contributed by atoms with Gasteiger partial charge in [0, 0.05) is 41.8 Å². The monoisotopic (exact) mass is 308 g/mol. The van der Waals surface area contributed by atoms with Crippen LogP contribution in [0.15, 0.2) is 29.1 Å². The van der Waals surface area contributed by atoms with Gasteiger partial charge in [0.2, 0.25) is 0 Å². The minimum absolute atomic E-state index is 0.0235. The summed E-state index contributed by atoms with van der Waals surface area (Å²) in [6.07, 6.45) is 0.763. The first-order valence-corrected chi connectivity index (χ1v) is 7.99. The van der Waals surface area contributed by atoms with E-state index in [9.17, 15) is 4.79 Å². The van der Waals surface area contributed by atoms with Gasteiger partial charge in [0.25, 0.3) is 5.56 Å². The SMILES string of the molecule is Cc1nc2c(c(=O)[nH]1)CCN(Cc1c(C)[nH]c3ccccc13)C2. The number of nitrogens with zero attached hydrogens (tertiary/aromatic N) is 2.